The lowest BCUT2D eigenvalue weighted by atomic mass is 10.0. The first-order valence-electron chi connectivity index (χ1n) is 10.6. The van der Waals surface area contributed by atoms with E-state index in [0.717, 1.165) is 30.0 Å². The molecule has 1 atom stereocenters. The SMILES string of the molecule is CC(O)COc1cc(-c2ccc(N3CC(Oc4ccccn4)C3)nc2)c2c(C#N)cnn2c1. The summed E-state index contributed by atoms with van der Waals surface area (Å²) in [7, 11) is 0. The molecule has 9 heteroatoms. The van der Waals surface area contributed by atoms with E-state index in [0.29, 0.717) is 22.7 Å². The number of nitriles is 1. The van der Waals surface area contributed by atoms with Gasteiger partial charge in [0.25, 0.3) is 0 Å². The second-order valence-corrected chi connectivity index (χ2v) is 7.93. The summed E-state index contributed by atoms with van der Waals surface area (Å²) in [6.07, 6.45) is 6.20. The van der Waals surface area contributed by atoms with Crippen LogP contribution in [-0.2, 0) is 0 Å². The fourth-order valence-corrected chi connectivity index (χ4v) is 3.71. The molecule has 0 radical (unpaired) electrons. The molecule has 4 aromatic heterocycles. The van der Waals surface area contributed by atoms with E-state index in [-0.39, 0.29) is 12.7 Å². The molecule has 33 heavy (non-hydrogen) atoms. The van der Waals surface area contributed by atoms with Crippen molar-refractivity contribution in [2.75, 3.05) is 24.6 Å². The minimum Gasteiger partial charge on any atom is -0.489 e. The minimum atomic E-state index is -0.598. The highest BCUT2D eigenvalue weighted by atomic mass is 16.5. The number of ether oxygens (including phenoxy) is 2. The zero-order valence-corrected chi connectivity index (χ0v) is 18.0. The Hall–Kier alpha value is -4.16. The van der Waals surface area contributed by atoms with Gasteiger partial charge in [-0.25, -0.2) is 14.5 Å². The van der Waals surface area contributed by atoms with Crippen molar-refractivity contribution in [3.63, 3.8) is 0 Å². The number of aliphatic hydroxyl groups is 1. The van der Waals surface area contributed by atoms with Gasteiger partial charge in [0.15, 0.2) is 0 Å². The first-order valence-corrected chi connectivity index (χ1v) is 10.6. The summed E-state index contributed by atoms with van der Waals surface area (Å²) < 4.78 is 13.2. The maximum Gasteiger partial charge on any atom is 0.213 e. The Morgan fingerprint density at radius 2 is 2.09 bits per heavy atom. The molecule has 1 N–H and O–H groups in total. The summed E-state index contributed by atoms with van der Waals surface area (Å²) in [5, 5.41) is 23.4. The fraction of sp³-hybridized carbons (Fsp3) is 0.250. The number of pyridine rings is 3. The predicted octanol–water partition coefficient (Wildman–Crippen LogP) is 2.69. The lowest BCUT2D eigenvalue weighted by molar-refractivity contribution is 0.122. The summed E-state index contributed by atoms with van der Waals surface area (Å²) in [4.78, 5) is 11.0. The van der Waals surface area contributed by atoms with Crippen LogP contribution in [0.5, 0.6) is 11.6 Å². The monoisotopic (exact) mass is 442 g/mol. The number of aromatic nitrogens is 4. The third-order valence-corrected chi connectivity index (χ3v) is 5.35. The first-order chi connectivity index (χ1) is 16.1. The van der Waals surface area contributed by atoms with Crippen molar-refractivity contribution in [3.8, 4) is 28.8 Å². The highest BCUT2D eigenvalue weighted by Crippen LogP contribution is 2.32. The molecule has 1 fully saturated rings. The summed E-state index contributed by atoms with van der Waals surface area (Å²) in [5.41, 5.74) is 2.77. The van der Waals surface area contributed by atoms with Crippen molar-refractivity contribution in [2.24, 2.45) is 0 Å². The average Bonchev–Trinajstić information content (AvgIpc) is 3.23. The number of anilines is 1. The molecule has 0 bridgehead atoms. The van der Waals surface area contributed by atoms with Crippen molar-refractivity contribution >= 4 is 11.3 Å². The van der Waals surface area contributed by atoms with Gasteiger partial charge in [-0.15, -0.1) is 0 Å². The van der Waals surface area contributed by atoms with Crippen LogP contribution in [-0.4, -0.2) is 56.6 Å². The standard InChI is InChI=1S/C24H22N6O3/c1-16(31)15-32-19-8-21(24-18(9-25)11-28-30(24)14-19)17-5-6-22(27-10-17)29-12-20(13-29)33-23-4-2-3-7-26-23/h2-8,10-11,14,16,20,31H,12-13,15H2,1H3. The number of hydrogen-bond acceptors (Lipinski definition) is 8. The maximum absolute atomic E-state index is 9.55. The molecular formula is C24H22N6O3. The van der Waals surface area contributed by atoms with Crippen molar-refractivity contribution in [1.29, 1.82) is 5.26 Å². The Labute approximate surface area is 190 Å². The molecule has 5 rings (SSSR count). The van der Waals surface area contributed by atoms with E-state index in [2.05, 4.69) is 26.0 Å². The van der Waals surface area contributed by atoms with Gasteiger partial charge in [-0.05, 0) is 31.2 Å². The Balaban J connectivity index is 1.36. The summed E-state index contributed by atoms with van der Waals surface area (Å²) in [6, 6.07) is 13.6. The van der Waals surface area contributed by atoms with Crippen molar-refractivity contribution < 1.29 is 14.6 Å². The number of hydrogen-bond donors (Lipinski definition) is 1. The van der Waals surface area contributed by atoms with Gasteiger partial charge in [-0.2, -0.15) is 10.4 Å². The van der Waals surface area contributed by atoms with Crippen molar-refractivity contribution in [3.05, 3.63) is 66.7 Å². The van der Waals surface area contributed by atoms with Gasteiger partial charge in [0.1, 0.15) is 30.3 Å². The van der Waals surface area contributed by atoms with E-state index in [4.69, 9.17) is 9.47 Å². The van der Waals surface area contributed by atoms with Crippen LogP contribution < -0.4 is 14.4 Å². The molecule has 0 aromatic carbocycles. The molecule has 1 aliphatic heterocycles. The smallest absolute Gasteiger partial charge is 0.213 e. The number of fused-ring (bicyclic) bond motifs is 1. The fourth-order valence-electron chi connectivity index (χ4n) is 3.71. The largest absolute Gasteiger partial charge is 0.489 e. The summed E-state index contributed by atoms with van der Waals surface area (Å²) in [5.74, 6) is 2.03. The van der Waals surface area contributed by atoms with E-state index in [1.807, 2.05) is 36.4 Å². The van der Waals surface area contributed by atoms with Crippen LogP contribution >= 0.6 is 0 Å². The molecule has 1 saturated heterocycles. The third kappa shape index (κ3) is 4.29. The second-order valence-electron chi connectivity index (χ2n) is 7.93. The Morgan fingerprint density at radius 1 is 1.21 bits per heavy atom. The zero-order valence-electron chi connectivity index (χ0n) is 18.0. The van der Waals surface area contributed by atoms with E-state index in [1.165, 1.54) is 6.20 Å². The summed E-state index contributed by atoms with van der Waals surface area (Å²) in [6.45, 7) is 3.28. The normalized spacial score (nSPS) is 14.5. The van der Waals surface area contributed by atoms with Gasteiger partial charge in [0, 0.05) is 29.6 Å². The topological polar surface area (TPSA) is 109 Å². The molecule has 0 spiro atoms. The molecule has 9 nitrogen and oxygen atoms in total. The Morgan fingerprint density at radius 3 is 2.79 bits per heavy atom. The van der Waals surface area contributed by atoms with Crippen LogP contribution in [0.2, 0.25) is 0 Å². The maximum atomic E-state index is 9.55. The van der Waals surface area contributed by atoms with Crippen LogP contribution in [0.1, 0.15) is 12.5 Å². The molecule has 1 aliphatic rings. The highest BCUT2D eigenvalue weighted by Gasteiger charge is 2.29. The van der Waals surface area contributed by atoms with Crippen LogP contribution in [0.25, 0.3) is 16.6 Å². The van der Waals surface area contributed by atoms with Gasteiger partial charge in [0.05, 0.1) is 42.7 Å². The average molecular weight is 442 g/mol. The second kappa shape index (κ2) is 8.76. The third-order valence-electron chi connectivity index (χ3n) is 5.35. The van der Waals surface area contributed by atoms with Crippen LogP contribution in [0.15, 0.2) is 61.2 Å². The predicted molar refractivity (Wildman–Crippen MR) is 121 cm³/mol. The molecule has 1 unspecified atom stereocenters. The van der Waals surface area contributed by atoms with E-state index in [9.17, 15) is 10.4 Å². The van der Waals surface area contributed by atoms with E-state index >= 15 is 0 Å². The molecule has 5 heterocycles. The minimum absolute atomic E-state index is 0.0775. The first kappa shape index (κ1) is 20.7. The molecule has 4 aromatic rings. The van der Waals surface area contributed by atoms with Crippen LogP contribution in [0.4, 0.5) is 5.82 Å². The Bertz CT molecular complexity index is 1290. The summed E-state index contributed by atoms with van der Waals surface area (Å²) >= 11 is 0. The van der Waals surface area contributed by atoms with Gasteiger partial charge in [-0.3, -0.25) is 0 Å². The highest BCUT2D eigenvalue weighted by molar-refractivity contribution is 5.85. The van der Waals surface area contributed by atoms with Gasteiger partial charge in [0.2, 0.25) is 5.88 Å². The van der Waals surface area contributed by atoms with Gasteiger partial charge < -0.3 is 19.5 Å². The number of aliphatic hydroxyl groups excluding tert-OH is 1. The number of rotatable bonds is 7. The molecule has 0 aliphatic carbocycles. The molecule has 0 saturated carbocycles. The van der Waals surface area contributed by atoms with Crippen LogP contribution in [0, 0.1) is 11.3 Å². The molecule has 166 valence electrons. The lowest BCUT2D eigenvalue weighted by Gasteiger charge is -2.39. The quantitative estimate of drug-likeness (QED) is 0.465. The lowest BCUT2D eigenvalue weighted by Crippen LogP contribution is -2.54. The van der Waals surface area contributed by atoms with Crippen molar-refractivity contribution in [1.82, 2.24) is 19.6 Å². The molecular weight excluding hydrogens is 420 g/mol. The van der Waals surface area contributed by atoms with Gasteiger partial charge >= 0.3 is 0 Å². The Kier molecular flexibility index (Phi) is 5.50. The number of nitrogens with zero attached hydrogens (tertiary/aromatic N) is 6. The van der Waals surface area contributed by atoms with E-state index < -0.39 is 6.10 Å². The van der Waals surface area contributed by atoms with Crippen LogP contribution in [0.3, 0.4) is 0 Å². The van der Waals surface area contributed by atoms with Gasteiger partial charge in [-0.1, -0.05) is 6.07 Å². The van der Waals surface area contributed by atoms with E-state index in [1.54, 1.807) is 30.0 Å². The molecule has 0 amide bonds. The van der Waals surface area contributed by atoms with Crippen molar-refractivity contribution in [2.45, 2.75) is 19.1 Å². The zero-order chi connectivity index (χ0) is 22.8.